The average molecular weight is 337 g/mol. The van der Waals surface area contributed by atoms with Crippen LogP contribution in [0.25, 0.3) is 34.4 Å². The summed E-state index contributed by atoms with van der Waals surface area (Å²) in [6.45, 7) is 1.75. The number of rotatable bonds is 3. The molecule has 4 aromatic rings. The average Bonchev–Trinajstić information content (AvgIpc) is 3.19. The third kappa shape index (κ3) is 2.91. The first kappa shape index (κ1) is 15.2. The van der Waals surface area contributed by atoms with Gasteiger partial charge in [0.05, 0.1) is 16.8 Å². The Morgan fingerprint density at radius 1 is 0.960 bits per heavy atom. The highest BCUT2D eigenvalue weighted by Crippen LogP contribution is 2.27. The first-order valence-electron chi connectivity index (χ1n) is 7.61. The molecular formula is C18H13F2N5. The molecule has 0 atom stereocenters. The van der Waals surface area contributed by atoms with Crippen LogP contribution in [0.2, 0.25) is 0 Å². The molecule has 0 saturated carbocycles. The van der Waals surface area contributed by atoms with Crippen molar-refractivity contribution in [1.29, 1.82) is 0 Å². The van der Waals surface area contributed by atoms with Crippen LogP contribution in [0, 0.1) is 18.6 Å². The van der Waals surface area contributed by atoms with Gasteiger partial charge in [0, 0.05) is 11.5 Å². The Hall–Kier alpha value is -3.35. The molecule has 5 nitrogen and oxygen atoms in total. The first-order chi connectivity index (χ1) is 12.1. The second kappa shape index (κ2) is 5.94. The van der Waals surface area contributed by atoms with Crippen molar-refractivity contribution in [3.05, 3.63) is 65.1 Å². The van der Waals surface area contributed by atoms with Crippen molar-refractivity contribution in [2.75, 3.05) is 0 Å². The first-order valence-corrected chi connectivity index (χ1v) is 7.61. The topological polar surface area (TPSA) is 70.2 Å². The molecule has 4 rings (SSSR count). The minimum absolute atomic E-state index is 0.288. The number of hydrogen-bond acceptors (Lipinski definition) is 3. The molecule has 2 heterocycles. The number of fused-ring (bicyclic) bond motifs is 1. The van der Waals surface area contributed by atoms with Gasteiger partial charge in [-0.1, -0.05) is 18.2 Å². The summed E-state index contributed by atoms with van der Waals surface area (Å²) < 4.78 is 27.3. The summed E-state index contributed by atoms with van der Waals surface area (Å²) in [6.07, 6.45) is 3.60. The van der Waals surface area contributed by atoms with Crippen molar-refractivity contribution in [2.45, 2.75) is 6.92 Å². The number of benzene rings is 2. The Balaban J connectivity index is 1.76. The van der Waals surface area contributed by atoms with E-state index in [2.05, 4.69) is 25.4 Å². The van der Waals surface area contributed by atoms with Gasteiger partial charge < -0.3 is 0 Å². The third-order valence-corrected chi connectivity index (χ3v) is 3.82. The molecule has 0 aliphatic heterocycles. The van der Waals surface area contributed by atoms with Gasteiger partial charge in [-0.25, -0.2) is 13.8 Å². The van der Waals surface area contributed by atoms with E-state index in [4.69, 9.17) is 0 Å². The molecule has 0 unspecified atom stereocenters. The van der Waals surface area contributed by atoms with Gasteiger partial charge in [0.25, 0.3) is 0 Å². The van der Waals surface area contributed by atoms with Crippen LogP contribution in [-0.2, 0) is 0 Å². The normalized spacial score (nSPS) is 11.6. The SMILES string of the molecule is Cc1nc(-c2cc3c(C=Cc4ccc(F)cc4)n[nH]c3cc2F)n[nH]1. The standard InChI is InChI=1S/C18H13F2N5/c1-10-21-18(25-22-10)13-8-14-16(23-24-17(14)9-15(13)20)7-4-11-2-5-12(19)6-3-11/h2-9H,1H3,(H,23,24)(H,21,22,25). The van der Waals surface area contributed by atoms with E-state index in [1.54, 1.807) is 31.2 Å². The van der Waals surface area contributed by atoms with Crippen molar-refractivity contribution >= 4 is 23.1 Å². The number of aryl methyl sites for hydroxylation is 1. The fourth-order valence-electron chi connectivity index (χ4n) is 2.57. The van der Waals surface area contributed by atoms with Gasteiger partial charge in [0.2, 0.25) is 0 Å². The van der Waals surface area contributed by atoms with E-state index in [0.29, 0.717) is 28.4 Å². The van der Waals surface area contributed by atoms with Crippen LogP contribution >= 0.6 is 0 Å². The Bertz CT molecular complexity index is 1080. The van der Waals surface area contributed by atoms with Crippen LogP contribution in [0.4, 0.5) is 8.78 Å². The van der Waals surface area contributed by atoms with Gasteiger partial charge in [-0.15, -0.1) is 0 Å². The number of H-pyrrole nitrogens is 2. The lowest BCUT2D eigenvalue weighted by Crippen LogP contribution is -1.87. The zero-order valence-electron chi connectivity index (χ0n) is 13.2. The fraction of sp³-hybridized carbons (Fsp3) is 0.0556. The Labute approximate surface area is 141 Å². The monoisotopic (exact) mass is 337 g/mol. The van der Waals surface area contributed by atoms with E-state index < -0.39 is 5.82 Å². The Kier molecular flexibility index (Phi) is 3.61. The summed E-state index contributed by atoms with van der Waals surface area (Å²) in [5.74, 6) is 0.193. The largest absolute Gasteiger partial charge is 0.277 e. The molecule has 0 spiro atoms. The molecule has 0 saturated heterocycles. The highest BCUT2D eigenvalue weighted by molar-refractivity contribution is 5.92. The maximum atomic E-state index is 14.3. The summed E-state index contributed by atoms with van der Waals surface area (Å²) >= 11 is 0. The van der Waals surface area contributed by atoms with Crippen LogP contribution < -0.4 is 0 Å². The lowest BCUT2D eigenvalue weighted by atomic mass is 10.1. The van der Waals surface area contributed by atoms with Crippen molar-refractivity contribution in [2.24, 2.45) is 0 Å². The molecule has 25 heavy (non-hydrogen) atoms. The zero-order chi connectivity index (χ0) is 17.4. The molecule has 124 valence electrons. The van der Waals surface area contributed by atoms with E-state index in [-0.39, 0.29) is 5.82 Å². The van der Waals surface area contributed by atoms with E-state index in [9.17, 15) is 8.78 Å². The molecule has 0 bridgehead atoms. The van der Waals surface area contributed by atoms with E-state index >= 15 is 0 Å². The van der Waals surface area contributed by atoms with Crippen molar-refractivity contribution in [1.82, 2.24) is 25.4 Å². The van der Waals surface area contributed by atoms with Gasteiger partial charge in [-0.3, -0.25) is 10.2 Å². The molecule has 0 aliphatic rings. The van der Waals surface area contributed by atoms with Crippen molar-refractivity contribution < 1.29 is 8.78 Å². The molecule has 0 fully saturated rings. The van der Waals surface area contributed by atoms with Gasteiger partial charge in [-0.05, 0) is 36.8 Å². The smallest absolute Gasteiger partial charge is 0.184 e. The lowest BCUT2D eigenvalue weighted by molar-refractivity contribution is 0.627. The number of aromatic nitrogens is 5. The van der Waals surface area contributed by atoms with E-state index in [0.717, 1.165) is 10.9 Å². The molecule has 0 radical (unpaired) electrons. The fourth-order valence-corrected chi connectivity index (χ4v) is 2.57. The van der Waals surface area contributed by atoms with Crippen LogP contribution in [0.1, 0.15) is 17.1 Å². The molecular weight excluding hydrogens is 324 g/mol. The molecule has 0 aliphatic carbocycles. The number of aromatic amines is 2. The maximum Gasteiger partial charge on any atom is 0.184 e. The second-order valence-corrected chi connectivity index (χ2v) is 5.62. The molecule has 2 aromatic heterocycles. The van der Waals surface area contributed by atoms with Crippen molar-refractivity contribution in [3.8, 4) is 11.4 Å². The predicted molar refractivity (Wildman–Crippen MR) is 91.5 cm³/mol. The van der Waals surface area contributed by atoms with Crippen molar-refractivity contribution in [3.63, 3.8) is 0 Å². The summed E-state index contributed by atoms with van der Waals surface area (Å²) in [4.78, 5) is 4.17. The quantitative estimate of drug-likeness (QED) is 0.591. The highest BCUT2D eigenvalue weighted by Gasteiger charge is 2.14. The van der Waals surface area contributed by atoms with Crippen LogP contribution in [0.5, 0.6) is 0 Å². The molecule has 7 heteroatoms. The third-order valence-electron chi connectivity index (χ3n) is 3.82. The Morgan fingerprint density at radius 2 is 1.76 bits per heavy atom. The van der Waals surface area contributed by atoms with Gasteiger partial charge >= 0.3 is 0 Å². The zero-order valence-corrected chi connectivity index (χ0v) is 13.2. The molecule has 2 N–H and O–H groups in total. The number of nitrogens with one attached hydrogen (secondary N) is 2. The number of hydrogen-bond donors (Lipinski definition) is 2. The van der Waals surface area contributed by atoms with Gasteiger partial charge in [-0.2, -0.15) is 10.2 Å². The van der Waals surface area contributed by atoms with Gasteiger partial charge in [0.15, 0.2) is 5.82 Å². The summed E-state index contributed by atoms with van der Waals surface area (Å²) in [6, 6.07) is 9.16. The predicted octanol–water partition coefficient (Wildman–Crippen LogP) is 4.11. The molecule has 0 amide bonds. The summed E-state index contributed by atoms with van der Waals surface area (Å²) in [7, 11) is 0. The molecule has 2 aromatic carbocycles. The number of halogens is 2. The van der Waals surface area contributed by atoms with E-state index in [1.807, 2.05) is 6.08 Å². The van der Waals surface area contributed by atoms with E-state index in [1.165, 1.54) is 18.2 Å². The van der Waals surface area contributed by atoms with Crippen LogP contribution in [0.3, 0.4) is 0 Å². The summed E-state index contributed by atoms with van der Waals surface area (Å²) in [5.41, 5.74) is 2.36. The van der Waals surface area contributed by atoms with Crippen LogP contribution in [0.15, 0.2) is 36.4 Å². The lowest BCUT2D eigenvalue weighted by Gasteiger charge is -1.99. The van der Waals surface area contributed by atoms with Gasteiger partial charge in [0.1, 0.15) is 17.5 Å². The maximum absolute atomic E-state index is 14.3. The Morgan fingerprint density at radius 3 is 2.48 bits per heavy atom. The number of nitrogens with zero attached hydrogens (tertiary/aromatic N) is 3. The second-order valence-electron chi connectivity index (χ2n) is 5.62. The van der Waals surface area contributed by atoms with Crippen LogP contribution in [-0.4, -0.2) is 25.4 Å². The minimum Gasteiger partial charge on any atom is -0.277 e. The summed E-state index contributed by atoms with van der Waals surface area (Å²) in [5, 5.41) is 14.5. The minimum atomic E-state index is -0.427. The highest BCUT2D eigenvalue weighted by atomic mass is 19.1.